The molecule has 0 saturated carbocycles. The third kappa shape index (κ3) is 35.9. The fourth-order valence-electron chi connectivity index (χ4n) is 9.68. The van der Waals surface area contributed by atoms with E-state index in [1.807, 2.05) is 68.4 Å². The van der Waals surface area contributed by atoms with Gasteiger partial charge in [-0.1, -0.05) is 11.6 Å². The zero-order valence-electron chi connectivity index (χ0n) is 45.2. The van der Waals surface area contributed by atoms with Crippen molar-refractivity contribution in [2.75, 3.05) is 6.61 Å². The predicted octanol–water partition coefficient (Wildman–Crippen LogP) is 9.13. The Bertz CT molecular complexity index is 1340. The molecule has 0 heterocycles. The second-order valence-electron chi connectivity index (χ2n) is 25.1. The van der Waals surface area contributed by atoms with Gasteiger partial charge in [-0.25, -0.2) is 0 Å². The monoisotopic (exact) mass is 963 g/mol. The van der Waals surface area contributed by atoms with Crippen molar-refractivity contribution in [1.82, 2.24) is 0 Å². The molecule has 12 heteroatoms. The molecule has 0 aliphatic rings. The van der Waals surface area contributed by atoms with E-state index in [1.54, 1.807) is 13.8 Å². The first-order valence-corrected chi connectivity index (χ1v) is 26.4. The van der Waals surface area contributed by atoms with Crippen molar-refractivity contribution in [3.63, 3.8) is 0 Å². The molecule has 0 aromatic carbocycles. The standard InChI is InChI=1S/C55H110O12/c1-44(24-14-42-55(12,67)45(57)43-56)23-13-26-47(4,59)28-16-30-49(6,61)32-18-34-51(8,63)36-20-38-53(10,65)40-22-41-54(11,66)39-21-37-52(9,64)35-19-33-50(7,62)31-17-29-48(5,60)27-15-25-46(2,3)58/h24,45,56-67H,13-23,25-43H2,1-12H3. The van der Waals surface area contributed by atoms with Crippen LogP contribution in [0.25, 0.3) is 0 Å². The van der Waals surface area contributed by atoms with Crippen LogP contribution >= 0.6 is 0 Å². The van der Waals surface area contributed by atoms with E-state index in [9.17, 15) is 56.2 Å². The maximum absolute atomic E-state index is 11.1. The molecule has 0 saturated heterocycles. The molecule has 0 bridgehead atoms. The first-order valence-electron chi connectivity index (χ1n) is 26.4. The van der Waals surface area contributed by atoms with E-state index in [2.05, 4.69) is 0 Å². The van der Waals surface area contributed by atoms with Gasteiger partial charge in [0.15, 0.2) is 0 Å². The molecular formula is C55H110O12. The van der Waals surface area contributed by atoms with E-state index in [1.165, 1.54) is 6.92 Å². The maximum atomic E-state index is 11.1. The SMILES string of the molecule is CC(=CCCC(C)(O)C(O)CO)CCCC(C)(O)CCCC(C)(O)CCCC(C)(O)CCCC(C)(O)CCCC(C)(O)CCCC(C)(O)CCCC(C)(O)CCCC(C)(O)CCCC(C)(C)O. The van der Waals surface area contributed by atoms with E-state index >= 15 is 0 Å². The average molecular weight is 963 g/mol. The minimum atomic E-state index is -1.34. The number of hydrogen-bond acceptors (Lipinski definition) is 12. The molecule has 12 nitrogen and oxygen atoms in total. The highest BCUT2D eigenvalue weighted by Crippen LogP contribution is 2.33. The normalized spacial score (nSPS) is 21.6. The minimum absolute atomic E-state index is 0.341. The lowest BCUT2D eigenvalue weighted by Gasteiger charge is -2.31. The topological polar surface area (TPSA) is 243 Å². The summed E-state index contributed by atoms with van der Waals surface area (Å²) in [5.74, 6) is 0. The molecule has 0 aliphatic carbocycles. The summed E-state index contributed by atoms with van der Waals surface area (Å²) in [6.45, 7) is 21.1. The molecule has 10 atom stereocenters. The van der Waals surface area contributed by atoms with Gasteiger partial charge in [-0.15, -0.1) is 0 Å². The molecule has 10 unspecified atom stereocenters. The van der Waals surface area contributed by atoms with Crippen LogP contribution in [0.1, 0.15) is 269 Å². The summed E-state index contributed by atoms with van der Waals surface area (Å²) < 4.78 is 0. The molecule has 67 heavy (non-hydrogen) atoms. The third-order valence-electron chi connectivity index (χ3n) is 14.8. The van der Waals surface area contributed by atoms with Crippen LogP contribution in [0.3, 0.4) is 0 Å². The number of rotatable bonds is 41. The van der Waals surface area contributed by atoms with Crippen LogP contribution in [-0.4, -0.2) is 130 Å². The van der Waals surface area contributed by atoms with Crippen molar-refractivity contribution < 1.29 is 61.3 Å². The molecule has 0 aliphatic heterocycles. The smallest absolute Gasteiger partial charge is 0.105 e. The van der Waals surface area contributed by atoms with Crippen molar-refractivity contribution in [2.45, 2.75) is 331 Å². The number of aliphatic hydroxyl groups is 12. The van der Waals surface area contributed by atoms with Crippen LogP contribution in [0.15, 0.2) is 11.6 Å². The number of hydrogen-bond donors (Lipinski definition) is 12. The summed E-state index contributed by atoms with van der Waals surface area (Å²) in [5, 5.41) is 127. The van der Waals surface area contributed by atoms with Crippen LogP contribution in [0, 0.1) is 0 Å². The second-order valence-corrected chi connectivity index (χ2v) is 25.1. The van der Waals surface area contributed by atoms with Crippen molar-refractivity contribution >= 4 is 0 Å². The van der Waals surface area contributed by atoms with Crippen LogP contribution < -0.4 is 0 Å². The minimum Gasteiger partial charge on any atom is -0.394 e. The van der Waals surface area contributed by atoms with Crippen LogP contribution in [0.5, 0.6) is 0 Å². The molecule has 0 rings (SSSR count). The van der Waals surface area contributed by atoms with E-state index in [0.29, 0.717) is 167 Å². The van der Waals surface area contributed by atoms with Gasteiger partial charge in [-0.2, -0.15) is 0 Å². The Morgan fingerprint density at radius 2 is 0.552 bits per heavy atom. The summed E-state index contributed by atoms with van der Waals surface area (Å²) in [6, 6.07) is 0. The van der Waals surface area contributed by atoms with E-state index in [4.69, 9.17) is 5.11 Å². The number of aliphatic hydroxyl groups excluding tert-OH is 2. The highest BCUT2D eigenvalue weighted by atomic mass is 16.4. The molecule has 0 aromatic heterocycles. The fraction of sp³-hybridized carbons (Fsp3) is 0.964. The maximum Gasteiger partial charge on any atom is 0.105 e. The zero-order valence-corrected chi connectivity index (χ0v) is 45.2. The Morgan fingerprint density at radius 1 is 0.343 bits per heavy atom. The van der Waals surface area contributed by atoms with E-state index in [-0.39, 0.29) is 0 Å². The van der Waals surface area contributed by atoms with Gasteiger partial charge in [-0.3, -0.25) is 0 Å². The lowest BCUT2D eigenvalue weighted by atomic mass is 9.83. The second kappa shape index (κ2) is 29.1. The molecular weight excluding hydrogens is 853 g/mol. The van der Waals surface area contributed by atoms with Gasteiger partial charge in [0.1, 0.15) is 6.10 Å². The fourth-order valence-corrected chi connectivity index (χ4v) is 9.68. The highest BCUT2D eigenvalue weighted by molar-refractivity contribution is 4.99. The van der Waals surface area contributed by atoms with Gasteiger partial charge in [-0.05, 0) is 269 Å². The summed E-state index contributed by atoms with van der Waals surface area (Å²) in [6.07, 6.45) is 18.2. The van der Waals surface area contributed by atoms with Gasteiger partial charge in [0.2, 0.25) is 0 Å². The Balaban J connectivity index is 4.44. The van der Waals surface area contributed by atoms with Gasteiger partial charge >= 0.3 is 0 Å². The first kappa shape index (κ1) is 66.3. The average Bonchev–Trinajstić information content (AvgIpc) is 3.12. The first-order chi connectivity index (χ1) is 30.2. The summed E-state index contributed by atoms with van der Waals surface area (Å²) >= 11 is 0. The molecule has 402 valence electrons. The van der Waals surface area contributed by atoms with Gasteiger partial charge in [0.05, 0.1) is 62.6 Å². The molecule has 0 spiro atoms. The lowest BCUT2D eigenvalue weighted by molar-refractivity contribution is -0.0866. The van der Waals surface area contributed by atoms with Crippen LogP contribution in [0.2, 0.25) is 0 Å². The Kier molecular flexibility index (Phi) is 28.8. The summed E-state index contributed by atoms with van der Waals surface area (Å²) in [7, 11) is 0. The number of allylic oxidation sites excluding steroid dienone is 2. The van der Waals surface area contributed by atoms with Crippen molar-refractivity contribution in [2.24, 2.45) is 0 Å². The van der Waals surface area contributed by atoms with E-state index < -0.39 is 68.7 Å². The van der Waals surface area contributed by atoms with Gasteiger partial charge in [0.25, 0.3) is 0 Å². The third-order valence-corrected chi connectivity index (χ3v) is 14.8. The molecule has 0 aromatic rings. The van der Waals surface area contributed by atoms with Gasteiger partial charge < -0.3 is 61.3 Å². The summed E-state index contributed by atoms with van der Waals surface area (Å²) in [5.41, 5.74) is -8.10. The Morgan fingerprint density at radius 3 is 0.761 bits per heavy atom. The summed E-state index contributed by atoms with van der Waals surface area (Å²) in [4.78, 5) is 0. The Hall–Kier alpha value is -0.740. The van der Waals surface area contributed by atoms with Crippen molar-refractivity contribution in [1.29, 1.82) is 0 Å². The predicted molar refractivity (Wildman–Crippen MR) is 273 cm³/mol. The van der Waals surface area contributed by atoms with Crippen LogP contribution in [-0.2, 0) is 0 Å². The van der Waals surface area contributed by atoms with Gasteiger partial charge in [0, 0.05) is 0 Å². The molecule has 0 amide bonds. The quantitative estimate of drug-likeness (QED) is 0.0257. The molecule has 12 N–H and O–H groups in total. The zero-order chi connectivity index (χ0) is 52.1. The van der Waals surface area contributed by atoms with Crippen molar-refractivity contribution in [3.8, 4) is 0 Å². The van der Waals surface area contributed by atoms with E-state index in [0.717, 1.165) is 24.8 Å². The molecule has 0 radical (unpaired) electrons. The largest absolute Gasteiger partial charge is 0.394 e. The van der Waals surface area contributed by atoms with Crippen molar-refractivity contribution in [3.05, 3.63) is 11.6 Å². The molecule has 0 fully saturated rings. The van der Waals surface area contributed by atoms with Crippen LogP contribution in [0.4, 0.5) is 0 Å². The lowest BCUT2D eigenvalue weighted by Crippen LogP contribution is -2.41. The highest BCUT2D eigenvalue weighted by Gasteiger charge is 2.32. The Labute approximate surface area is 409 Å².